The number of hydrogen-bond donors (Lipinski definition) is 4. The zero-order valence-electron chi connectivity index (χ0n) is 29.8. The van der Waals surface area contributed by atoms with Gasteiger partial charge in [0.15, 0.2) is 6.10 Å². The molecule has 3 rings (SSSR count). The van der Waals surface area contributed by atoms with Gasteiger partial charge >= 0.3 is 12.1 Å². The van der Waals surface area contributed by atoms with Gasteiger partial charge in [0, 0.05) is 44.4 Å². The SMILES string of the molecule is CC#CCN1CCN(C(=O)OC2C=CC(C)C(C(C)=CC=CC(C)(O)CC3OC3C(C)C(O)CC)OC(=O)CC(O)CCC2(C)O)CC1. The maximum Gasteiger partial charge on any atom is 0.410 e. The summed E-state index contributed by atoms with van der Waals surface area (Å²) in [6, 6.07) is 0. The minimum absolute atomic E-state index is 0.0145. The van der Waals surface area contributed by atoms with Crippen LogP contribution in [0.4, 0.5) is 4.79 Å². The van der Waals surface area contributed by atoms with Crippen LogP contribution in [0.2, 0.25) is 0 Å². The monoisotopic (exact) mass is 674 g/mol. The van der Waals surface area contributed by atoms with E-state index in [1.165, 1.54) is 0 Å². The summed E-state index contributed by atoms with van der Waals surface area (Å²) in [5.74, 6) is 4.97. The van der Waals surface area contributed by atoms with E-state index < -0.39 is 47.7 Å². The van der Waals surface area contributed by atoms with Crippen LogP contribution in [-0.2, 0) is 19.0 Å². The fraction of sp³-hybridized carbons (Fsp3) is 0.730. The number of allylic oxidation sites excluding steroid dienone is 2. The molecule has 0 aromatic carbocycles. The number of aliphatic hydroxyl groups excluding tert-OH is 2. The highest BCUT2D eigenvalue weighted by atomic mass is 16.6. The molecule has 11 nitrogen and oxygen atoms in total. The maximum absolute atomic E-state index is 13.2. The van der Waals surface area contributed by atoms with E-state index >= 15 is 0 Å². The highest BCUT2D eigenvalue weighted by Gasteiger charge is 2.47. The number of carbonyl (C=O) groups excluding carboxylic acids is 2. The molecule has 270 valence electrons. The molecule has 0 radical (unpaired) electrons. The Bertz CT molecular complexity index is 1220. The second-order valence-electron chi connectivity index (χ2n) is 14.2. The van der Waals surface area contributed by atoms with Gasteiger partial charge in [-0.15, -0.1) is 5.92 Å². The van der Waals surface area contributed by atoms with Crippen molar-refractivity contribution in [3.63, 3.8) is 0 Å². The average Bonchev–Trinajstić information content (AvgIpc) is 3.80. The molecule has 2 fully saturated rings. The number of aliphatic hydroxyl groups is 4. The molecule has 3 aliphatic heterocycles. The van der Waals surface area contributed by atoms with Crippen molar-refractivity contribution in [1.29, 1.82) is 0 Å². The molecule has 11 heteroatoms. The molecule has 0 spiro atoms. The van der Waals surface area contributed by atoms with Crippen LogP contribution in [0.1, 0.15) is 80.6 Å². The van der Waals surface area contributed by atoms with Crippen LogP contribution in [0.15, 0.2) is 36.0 Å². The van der Waals surface area contributed by atoms with Crippen molar-refractivity contribution in [3.05, 3.63) is 36.0 Å². The molecule has 1 amide bonds. The lowest BCUT2D eigenvalue weighted by Crippen LogP contribution is -2.51. The van der Waals surface area contributed by atoms with Gasteiger partial charge in [0.05, 0.1) is 43.0 Å². The lowest BCUT2D eigenvalue weighted by Gasteiger charge is -2.36. The predicted octanol–water partition coefficient (Wildman–Crippen LogP) is 3.35. The van der Waals surface area contributed by atoms with Gasteiger partial charge in [-0.2, -0.15) is 0 Å². The molecule has 3 aliphatic rings. The first-order valence-corrected chi connectivity index (χ1v) is 17.3. The summed E-state index contributed by atoms with van der Waals surface area (Å²) in [6.07, 6.45) is 5.58. The first kappa shape index (κ1) is 39.7. The van der Waals surface area contributed by atoms with Crippen LogP contribution in [0.5, 0.6) is 0 Å². The fourth-order valence-electron chi connectivity index (χ4n) is 6.26. The third-order valence-corrected chi connectivity index (χ3v) is 9.70. The molecule has 4 N–H and O–H groups in total. The van der Waals surface area contributed by atoms with E-state index in [9.17, 15) is 30.0 Å². The van der Waals surface area contributed by atoms with Gasteiger partial charge in [0.2, 0.25) is 0 Å². The van der Waals surface area contributed by atoms with Gasteiger partial charge in [-0.3, -0.25) is 9.69 Å². The fourth-order valence-corrected chi connectivity index (χ4v) is 6.26. The zero-order chi connectivity index (χ0) is 35.6. The topological polar surface area (TPSA) is 153 Å². The molecule has 0 saturated carbocycles. The zero-order valence-corrected chi connectivity index (χ0v) is 29.8. The standard InChI is InChI=1S/C37H58N2O9/c1-8-10-18-38-19-21-39(22-20-38)35(43)47-31-14-13-26(4)33(48-32(42)23-28(40)15-17-37(31,7)45)25(3)12-11-16-36(6,44)24-30-34(46-30)27(5)29(41)9-2/h11-14,16,26-31,33-34,40-41,44-45H,9,15,17-24H2,1-7H3. The van der Waals surface area contributed by atoms with E-state index in [1.54, 1.807) is 56.1 Å². The third-order valence-electron chi connectivity index (χ3n) is 9.70. The minimum atomic E-state index is -1.50. The van der Waals surface area contributed by atoms with Crippen LogP contribution in [0, 0.1) is 23.7 Å². The molecule has 10 unspecified atom stereocenters. The molecular weight excluding hydrogens is 616 g/mol. The number of esters is 1. The smallest absolute Gasteiger partial charge is 0.410 e. The number of hydrogen-bond acceptors (Lipinski definition) is 10. The van der Waals surface area contributed by atoms with Gasteiger partial charge < -0.3 is 39.5 Å². The number of rotatable bonds is 10. The highest BCUT2D eigenvalue weighted by Crippen LogP contribution is 2.37. The Morgan fingerprint density at radius 3 is 2.60 bits per heavy atom. The number of piperazine rings is 1. The molecule has 0 aliphatic carbocycles. The Kier molecular flexibility index (Phi) is 14.7. The summed E-state index contributed by atoms with van der Waals surface area (Å²) in [5, 5.41) is 43.2. The first-order chi connectivity index (χ1) is 22.6. The Morgan fingerprint density at radius 2 is 1.96 bits per heavy atom. The van der Waals surface area contributed by atoms with Crippen molar-refractivity contribution in [1.82, 2.24) is 9.80 Å². The van der Waals surface area contributed by atoms with Crippen molar-refractivity contribution in [2.75, 3.05) is 32.7 Å². The van der Waals surface area contributed by atoms with E-state index in [-0.39, 0.29) is 43.3 Å². The Labute approximate surface area is 286 Å². The number of ether oxygens (including phenoxy) is 3. The molecule has 0 aromatic rings. The second kappa shape index (κ2) is 17.8. The van der Waals surface area contributed by atoms with Gasteiger partial charge in [-0.05, 0) is 58.6 Å². The van der Waals surface area contributed by atoms with E-state index in [4.69, 9.17) is 14.2 Å². The summed E-state index contributed by atoms with van der Waals surface area (Å²) in [4.78, 5) is 29.8. The Morgan fingerprint density at radius 1 is 1.27 bits per heavy atom. The van der Waals surface area contributed by atoms with Crippen LogP contribution in [0.25, 0.3) is 0 Å². The van der Waals surface area contributed by atoms with Crippen molar-refractivity contribution >= 4 is 12.1 Å². The largest absolute Gasteiger partial charge is 0.457 e. The van der Waals surface area contributed by atoms with E-state index in [1.807, 2.05) is 27.7 Å². The minimum Gasteiger partial charge on any atom is -0.457 e. The summed E-state index contributed by atoms with van der Waals surface area (Å²) in [7, 11) is 0. The summed E-state index contributed by atoms with van der Waals surface area (Å²) < 4.78 is 17.5. The van der Waals surface area contributed by atoms with Crippen LogP contribution in [-0.4, -0.2) is 123 Å². The molecule has 0 aromatic heterocycles. The van der Waals surface area contributed by atoms with E-state index in [2.05, 4.69) is 16.7 Å². The Balaban J connectivity index is 1.73. The van der Waals surface area contributed by atoms with E-state index in [0.29, 0.717) is 51.1 Å². The quantitative estimate of drug-likeness (QED) is 0.0893. The summed E-state index contributed by atoms with van der Waals surface area (Å²) in [5.41, 5.74) is -1.96. The van der Waals surface area contributed by atoms with E-state index in [0.717, 1.165) is 0 Å². The predicted molar refractivity (Wildman–Crippen MR) is 183 cm³/mol. The average molecular weight is 675 g/mol. The number of nitrogens with zero attached hydrogens (tertiary/aromatic N) is 2. The molecule has 2 saturated heterocycles. The maximum atomic E-state index is 13.2. The number of epoxide rings is 1. The molecular formula is C37H58N2O9. The van der Waals surface area contributed by atoms with Crippen LogP contribution < -0.4 is 0 Å². The molecule has 48 heavy (non-hydrogen) atoms. The van der Waals surface area contributed by atoms with Crippen LogP contribution in [0.3, 0.4) is 0 Å². The van der Waals surface area contributed by atoms with Crippen molar-refractivity contribution in [3.8, 4) is 11.8 Å². The van der Waals surface area contributed by atoms with Gasteiger partial charge in [-0.25, -0.2) is 4.79 Å². The van der Waals surface area contributed by atoms with Crippen LogP contribution >= 0.6 is 0 Å². The lowest BCUT2D eigenvalue weighted by molar-refractivity contribution is -0.151. The van der Waals surface area contributed by atoms with Crippen molar-refractivity contribution in [2.24, 2.45) is 11.8 Å². The molecule has 3 heterocycles. The summed E-state index contributed by atoms with van der Waals surface area (Å²) >= 11 is 0. The second-order valence-corrected chi connectivity index (χ2v) is 14.2. The first-order valence-electron chi connectivity index (χ1n) is 17.3. The van der Waals surface area contributed by atoms with Crippen molar-refractivity contribution in [2.45, 2.75) is 128 Å². The third kappa shape index (κ3) is 12.0. The van der Waals surface area contributed by atoms with Gasteiger partial charge in [-0.1, -0.05) is 51.0 Å². The number of carbonyl (C=O) groups is 2. The Hall–Kier alpha value is -2.72. The lowest BCUT2D eigenvalue weighted by atomic mass is 9.88. The van der Waals surface area contributed by atoms with Gasteiger partial charge in [0.25, 0.3) is 0 Å². The number of amides is 1. The summed E-state index contributed by atoms with van der Waals surface area (Å²) in [6.45, 7) is 15.6. The van der Waals surface area contributed by atoms with Gasteiger partial charge in [0.1, 0.15) is 11.7 Å². The molecule has 10 atom stereocenters. The highest BCUT2D eigenvalue weighted by molar-refractivity contribution is 5.70. The normalized spacial score (nSPS) is 33.4. The number of cyclic esters (lactones) is 1. The molecule has 0 bridgehead atoms. The van der Waals surface area contributed by atoms with Crippen molar-refractivity contribution < 1.29 is 44.2 Å².